The van der Waals surface area contributed by atoms with Crippen LogP contribution in [0, 0.1) is 23.7 Å². The van der Waals surface area contributed by atoms with Gasteiger partial charge in [0, 0.05) is 5.02 Å². The van der Waals surface area contributed by atoms with Gasteiger partial charge in [0.25, 0.3) is 0 Å². The van der Waals surface area contributed by atoms with Gasteiger partial charge in [0.2, 0.25) is 11.8 Å². The van der Waals surface area contributed by atoms with E-state index in [0.717, 1.165) is 12.8 Å². The maximum atomic E-state index is 13.2. The highest BCUT2D eigenvalue weighted by Crippen LogP contribution is 2.62. The van der Waals surface area contributed by atoms with Crippen molar-refractivity contribution in [2.24, 2.45) is 23.7 Å². The van der Waals surface area contributed by atoms with Crippen LogP contribution in [-0.4, -0.2) is 11.8 Å². The zero-order valence-electron chi connectivity index (χ0n) is 13.9. The van der Waals surface area contributed by atoms with Gasteiger partial charge in [-0.3, -0.25) is 9.59 Å². The number of carbonyl (C=O) groups is 2. The second kappa shape index (κ2) is 5.83. The third-order valence-electron chi connectivity index (χ3n) is 6.39. The molecule has 2 amide bonds. The Hall–Kier alpha value is -1.84. The number of amides is 2. The van der Waals surface area contributed by atoms with Gasteiger partial charge >= 0.3 is 0 Å². The first-order valence-electron chi connectivity index (χ1n) is 8.94. The summed E-state index contributed by atoms with van der Waals surface area (Å²) in [5.41, 5.74) is 1.69. The number of halogens is 2. The van der Waals surface area contributed by atoms with Crippen molar-refractivity contribution in [3.05, 3.63) is 64.1 Å². The van der Waals surface area contributed by atoms with Crippen LogP contribution in [0.3, 0.4) is 0 Å². The minimum atomic E-state index is -0.235. The highest BCUT2D eigenvalue weighted by Gasteiger charge is 2.64. The SMILES string of the molecule is O=C1[C@@H]2[C@@H]3C[C@@H]([C@H]2C(=O)N1c1cc(Cl)ccc1Cl)[C@@H](c1ccccc1)C3. The van der Waals surface area contributed by atoms with Gasteiger partial charge in [-0.2, -0.15) is 0 Å². The molecular weight excluding hydrogens is 369 g/mol. The molecule has 3 nitrogen and oxygen atoms in total. The summed E-state index contributed by atoms with van der Waals surface area (Å²) in [6.07, 6.45) is 1.94. The summed E-state index contributed by atoms with van der Waals surface area (Å²) in [5.74, 6) is 0.194. The number of fused-ring (bicyclic) bond motifs is 5. The Kier molecular flexibility index (Phi) is 3.67. The van der Waals surface area contributed by atoms with E-state index in [-0.39, 0.29) is 35.5 Å². The summed E-state index contributed by atoms with van der Waals surface area (Å²) in [7, 11) is 0. The molecule has 2 aromatic carbocycles. The summed E-state index contributed by atoms with van der Waals surface area (Å²) in [5, 5.41) is 0.843. The quantitative estimate of drug-likeness (QED) is 0.687. The molecule has 3 fully saturated rings. The molecule has 1 saturated heterocycles. The Labute approximate surface area is 161 Å². The number of anilines is 1. The largest absolute Gasteiger partial charge is 0.274 e. The third-order valence-corrected chi connectivity index (χ3v) is 6.95. The molecule has 5 atom stereocenters. The number of rotatable bonds is 2. The molecule has 132 valence electrons. The molecule has 3 aliphatic rings. The molecule has 0 N–H and O–H groups in total. The van der Waals surface area contributed by atoms with Crippen molar-refractivity contribution in [2.75, 3.05) is 4.90 Å². The zero-order valence-corrected chi connectivity index (χ0v) is 15.5. The maximum Gasteiger partial charge on any atom is 0.238 e. The van der Waals surface area contributed by atoms with E-state index >= 15 is 0 Å². The normalized spacial score (nSPS) is 32.4. The van der Waals surface area contributed by atoms with Crippen LogP contribution in [0.4, 0.5) is 5.69 Å². The molecule has 0 unspecified atom stereocenters. The van der Waals surface area contributed by atoms with Crippen molar-refractivity contribution in [1.82, 2.24) is 0 Å². The van der Waals surface area contributed by atoms with Crippen LogP contribution in [-0.2, 0) is 9.59 Å². The van der Waals surface area contributed by atoms with Crippen molar-refractivity contribution in [3.63, 3.8) is 0 Å². The van der Waals surface area contributed by atoms with E-state index in [1.54, 1.807) is 18.2 Å². The molecule has 5 heteroatoms. The minimum Gasteiger partial charge on any atom is -0.274 e. The molecule has 0 radical (unpaired) electrons. The van der Waals surface area contributed by atoms with E-state index in [4.69, 9.17) is 23.2 Å². The number of nitrogens with zero attached hydrogens (tertiary/aromatic N) is 1. The monoisotopic (exact) mass is 385 g/mol. The number of hydrogen-bond acceptors (Lipinski definition) is 2. The molecular formula is C21H17Cl2NO2. The number of carbonyl (C=O) groups excluding carboxylic acids is 2. The molecule has 2 aliphatic carbocycles. The number of benzene rings is 2. The van der Waals surface area contributed by atoms with Gasteiger partial charge in [-0.15, -0.1) is 0 Å². The van der Waals surface area contributed by atoms with Crippen LogP contribution in [0.25, 0.3) is 0 Å². The molecule has 2 bridgehead atoms. The number of hydrogen-bond donors (Lipinski definition) is 0. The molecule has 1 aliphatic heterocycles. The van der Waals surface area contributed by atoms with Gasteiger partial charge in [0.15, 0.2) is 0 Å². The molecule has 0 spiro atoms. The van der Waals surface area contributed by atoms with Crippen molar-refractivity contribution >= 4 is 40.7 Å². The van der Waals surface area contributed by atoms with Crippen LogP contribution in [0.1, 0.15) is 24.3 Å². The Morgan fingerprint density at radius 3 is 2.38 bits per heavy atom. The minimum absolute atomic E-state index is 0.108. The lowest BCUT2D eigenvalue weighted by atomic mass is 9.73. The van der Waals surface area contributed by atoms with E-state index in [1.165, 1.54) is 10.5 Å². The van der Waals surface area contributed by atoms with Gasteiger partial charge in [-0.25, -0.2) is 4.90 Å². The first kappa shape index (κ1) is 16.3. The topological polar surface area (TPSA) is 37.4 Å². The molecule has 26 heavy (non-hydrogen) atoms. The van der Waals surface area contributed by atoms with Crippen molar-refractivity contribution in [2.45, 2.75) is 18.8 Å². The van der Waals surface area contributed by atoms with Crippen LogP contribution >= 0.6 is 23.2 Å². The van der Waals surface area contributed by atoms with Gasteiger partial charge in [0.05, 0.1) is 22.5 Å². The van der Waals surface area contributed by atoms with Gasteiger partial charge in [0.1, 0.15) is 0 Å². The van der Waals surface area contributed by atoms with Gasteiger partial charge < -0.3 is 0 Å². The third kappa shape index (κ3) is 2.20. The molecule has 2 saturated carbocycles. The fraction of sp³-hybridized carbons (Fsp3) is 0.333. The van der Waals surface area contributed by atoms with Crippen LogP contribution in [0.15, 0.2) is 48.5 Å². The average Bonchev–Trinajstić information content (AvgIpc) is 3.30. The van der Waals surface area contributed by atoms with Crippen LogP contribution < -0.4 is 4.90 Å². The van der Waals surface area contributed by atoms with Crippen molar-refractivity contribution < 1.29 is 9.59 Å². The van der Waals surface area contributed by atoms with Gasteiger partial charge in [-0.05, 0) is 54.4 Å². The predicted octanol–water partition coefficient (Wildman–Crippen LogP) is 4.92. The standard InChI is InChI=1S/C21H17Cl2NO2/c22-13-6-7-16(23)17(10-13)24-20(25)18-12-8-14(11-4-2-1-3-5-11)15(9-12)19(18)21(24)26/h1-7,10,12,14-15,18-19H,8-9H2/t12-,14+,15+,18+,19+/m0/s1. The first-order valence-corrected chi connectivity index (χ1v) is 9.69. The van der Waals surface area contributed by atoms with Crippen molar-refractivity contribution in [3.8, 4) is 0 Å². The fourth-order valence-electron chi connectivity index (χ4n) is 5.44. The smallest absolute Gasteiger partial charge is 0.238 e. The average molecular weight is 386 g/mol. The maximum absolute atomic E-state index is 13.2. The summed E-state index contributed by atoms with van der Waals surface area (Å²) in [6.45, 7) is 0. The molecule has 0 aromatic heterocycles. The van der Waals surface area contributed by atoms with Gasteiger partial charge in [-0.1, -0.05) is 53.5 Å². The zero-order chi connectivity index (χ0) is 18.0. The fourth-order valence-corrected chi connectivity index (χ4v) is 5.81. The Balaban J connectivity index is 1.52. The van der Waals surface area contributed by atoms with E-state index in [1.807, 2.05) is 18.2 Å². The lowest BCUT2D eigenvalue weighted by molar-refractivity contribution is -0.123. The molecule has 5 rings (SSSR count). The summed E-state index contributed by atoms with van der Waals surface area (Å²) >= 11 is 12.3. The van der Waals surface area contributed by atoms with E-state index in [9.17, 15) is 9.59 Å². The first-order chi connectivity index (χ1) is 12.6. The lowest BCUT2D eigenvalue weighted by Crippen LogP contribution is -2.33. The second-order valence-electron chi connectivity index (χ2n) is 7.57. The summed E-state index contributed by atoms with van der Waals surface area (Å²) < 4.78 is 0. The second-order valence-corrected chi connectivity index (χ2v) is 8.42. The van der Waals surface area contributed by atoms with Crippen molar-refractivity contribution in [1.29, 1.82) is 0 Å². The van der Waals surface area contributed by atoms with Crippen LogP contribution in [0.5, 0.6) is 0 Å². The van der Waals surface area contributed by atoms with E-state index in [0.29, 0.717) is 21.7 Å². The Bertz CT molecular complexity index is 913. The number of imide groups is 1. The lowest BCUT2D eigenvalue weighted by Gasteiger charge is -2.28. The molecule has 2 aromatic rings. The van der Waals surface area contributed by atoms with E-state index in [2.05, 4.69) is 12.1 Å². The Morgan fingerprint density at radius 2 is 1.62 bits per heavy atom. The summed E-state index contributed by atoms with van der Waals surface area (Å²) in [4.78, 5) is 27.6. The predicted molar refractivity (Wildman–Crippen MR) is 101 cm³/mol. The van der Waals surface area contributed by atoms with Crippen LogP contribution in [0.2, 0.25) is 10.0 Å². The molecule has 1 heterocycles. The van der Waals surface area contributed by atoms with E-state index < -0.39 is 0 Å². The Morgan fingerprint density at radius 1 is 0.885 bits per heavy atom. The highest BCUT2D eigenvalue weighted by atomic mass is 35.5. The highest BCUT2D eigenvalue weighted by molar-refractivity contribution is 6.37. The summed E-state index contributed by atoms with van der Waals surface area (Å²) in [6, 6.07) is 15.3.